The maximum atomic E-state index is 4.27. The SMILES string of the molecule is CN1C2CCCC1CC(NCc1ccncn1)C2. The number of aromatic nitrogens is 2. The molecule has 2 aliphatic rings. The first-order valence-electron chi connectivity index (χ1n) is 7.03. The highest BCUT2D eigenvalue weighted by atomic mass is 15.2. The third-order valence-electron chi connectivity index (χ3n) is 4.55. The highest BCUT2D eigenvalue weighted by molar-refractivity contribution is 4.99. The summed E-state index contributed by atoms with van der Waals surface area (Å²) in [5, 5.41) is 3.67. The van der Waals surface area contributed by atoms with Crippen molar-refractivity contribution in [2.45, 2.75) is 56.8 Å². The summed E-state index contributed by atoms with van der Waals surface area (Å²) in [7, 11) is 2.30. The number of fused-ring (bicyclic) bond motifs is 2. The molecule has 4 nitrogen and oxygen atoms in total. The van der Waals surface area contributed by atoms with Gasteiger partial charge in [-0.3, -0.25) is 0 Å². The number of hydrogen-bond donors (Lipinski definition) is 1. The van der Waals surface area contributed by atoms with E-state index in [0.717, 1.165) is 24.3 Å². The number of nitrogens with one attached hydrogen (secondary N) is 1. The zero-order chi connectivity index (χ0) is 12.4. The Labute approximate surface area is 109 Å². The van der Waals surface area contributed by atoms with E-state index < -0.39 is 0 Å². The summed E-state index contributed by atoms with van der Waals surface area (Å²) >= 11 is 0. The van der Waals surface area contributed by atoms with Crippen molar-refractivity contribution in [3.05, 3.63) is 24.3 Å². The molecule has 3 rings (SSSR count). The van der Waals surface area contributed by atoms with E-state index in [1.165, 1.54) is 32.1 Å². The van der Waals surface area contributed by atoms with E-state index >= 15 is 0 Å². The van der Waals surface area contributed by atoms with Crippen molar-refractivity contribution in [2.24, 2.45) is 0 Å². The minimum Gasteiger partial charge on any atom is -0.308 e. The maximum Gasteiger partial charge on any atom is 0.115 e. The fraction of sp³-hybridized carbons (Fsp3) is 0.714. The molecule has 0 saturated carbocycles. The van der Waals surface area contributed by atoms with Gasteiger partial charge in [-0.15, -0.1) is 0 Å². The van der Waals surface area contributed by atoms with E-state index in [4.69, 9.17) is 0 Å². The molecule has 2 atom stereocenters. The van der Waals surface area contributed by atoms with Crippen molar-refractivity contribution in [3.8, 4) is 0 Å². The molecule has 2 saturated heterocycles. The summed E-state index contributed by atoms with van der Waals surface area (Å²) in [5.41, 5.74) is 1.09. The van der Waals surface area contributed by atoms with Crippen LogP contribution in [0.15, 0.2) is 18.6 Å². The molecule has 2 bridgehead atoms. The third kappa shape index (κ3) is 2.54. The molecule has 0 aliphatic carbocycles. The molecule has 4 heteroatoms. The summed E-state index contributed by atoms with van der Waals surface area (Å²) in [6.45, 7) is 0.871. The van der Waals surface area contributed by atoms with E-state index in [1.807, 2.05) is 12.3 Å². The Bertz CT molecular complexity index is 367. The first kappa shape index (κ1) is 12.1. The Hall–Kier alpha value is -1.00. The molecule has 0 amide bonds. The van der Waals surface area contributed by atoms with Crippen LogP contribution in [0.5, 0.6) is 0 Å². The molecular formula is C14H22N4. The van der Waals surface area contributed by atoms with Gasteiger partial charge in [0, 0.05) is 30.9 Å². The molecule has 1 aromatic heterocycles. The van der Waals surface area contributed by atoms with Gasteiger partial charge in [0.25, 0.3) is 0 Å². The zero-order valence-corrected chi connectivity index (χ0v) is 11.0. The molecule has 2 fully saturated rings. The van der Waals surface area contributed by atoms with E-state index in [0.29, 0.717) is 6.04 Å². The van der Waals surface area contributed by atoms with E-state index in [9.17, 15) is 0 Å². The van der Waals surface area contributed by atoms with Crippen molar-refractivity contribution in [3.63, 3.8) is 0 Å². The second kappa shape index (κ2) is 5.33. The van der Waals surface area contributed by atoms with Gasteiger partial charge in [-0.2, -0.15) is 0 Å². The second-order valence-corrected chi connectivity index (χ2v) is 5.65. The number of piperidine rings is 2. The van der Waals surface area contributed by atoms with Crippen molar-refractivity contribution in [1.82, 2.24) is 20.2 Å². The minimum atomic E-state index is 0.659. The van der Waals surface area contributed by atoms with Crippen molar-refractivity contribution >= 4 is 0 Å². The number of hydrogen-bond acceptors (Lipinski definition) is 4. The summed E-state index contributed by atoms with van der Waals surface area (Å²) in [5.74, 6) is 0. The van der Waals surface area contributed by atoms with Gasteiger partial charge in [-0.05, 0) is 38.8 Å². The highest BCUT2D eigenvalue weighted by Crippen LogP contribution is 2.32. The molecule has 18 heavy (non-hydrogen) atoms. The van der Waals surface area contributed by atoms with Crippen LogP contribution in [0.4, 0.5) is 0 Å². The summed E-state index contributed by atoms with van der Waals surface area (Å²) in [6.07, 6.45) is 10.2. The fourth-order valence-corrected chi connectivity index (χ4v) is 3.45. The van der Waals surface area contributed by atoms with Crippen LogP contribution in [0.25, 0.3) is 0 Å². The van der Waals surface area contributed by atoms with Gasteiger partial charge in [0.2, 0.25) is 0 Å². The smallest absolute Gasteiger partial charge is 0.115 e. The molecule has 2 unspecified atom stereocenters. The van der Waals surface area contributed by atoms with E-state index in [-0.39, 0.29) is 0 Å². The lowest BCUT2D eigenvalue weighted by atomic mass is 9.82. The normalized spacial score (nSPS) is 32.4. The molecular weight excluding hydrogens is 224 g/mol. The molecule has 2 aliphatic heterocycles. The van der Waals surface area contributed by atoms with Crippen LogP contribution in [0, 0.1) is 0 Å². The monoisotopic (exact) mass is 246 g/mol. The summed E-state index contributed by atoms with van der Waals surface area (Å²) < 4.78 is 0. The molecule has 1 aromatic rings. The summed E-state index contributed by atoms with van der Waals surface area (Å²) in [4.78, 5) is 10.8. The fourth-order valence-electron chi connectivity index (χ4n) is 3.45. The van der Waals surface area contributed by atoms with Crippen LogP contribution in [-0.2, 0) is 6.54 Å². The van der Waals surface area contributed by atoms with Crippen molar-refractivity contribution in [1.29, 1.82) is 0 Å². The van der Waals surface area contributed by atoms with Crippen LogP contribution in [-0.4, -0.2) is 40.0 Å². The highest BCUT2D eigenvalue weighted by Gasteiger charge is 2.35. The van der Waals surface area contributed by atoms with Crippen LogP contribution in [0.2, 0.25) is 0 Å². The van der Waals surface area contributed by atoms with Gasteiger partial charge in [-0.1, -0.05) is 6.42 Å². The standard InChI is InChI=1S/C14H22N4/c1-18-13-3-2-4-14(18)8-12(7-13)16-9-11-5-6-15-10-17-11/h5-6,10,12-14,16H,2-4,7-9H2,1H3. The lowest BCUT2D eigenvalue weighted by molar-refractivity contribution is 0.0481. The lowest BCUT2D eigenvalue weighted by Gasteiger charge is -2.47. The van der Waals surface area contributed by atoms with Crippen molar-refractivity contribution < 1.29 is 0 Å². The second-order valence-electron chi connectivity index (χ2n) is 5.65. The zero-order valence-electron chi connectivity index (χ0n) is 11.0. The van der Waals surface area contributed by atoms with Gasteiger partial charge < -0.3 is 10.2 Å². The average Bonchev–Trinajstić information content (AvgIpc) is 2.38. The first-order chi connectivity index (χ1) is 8.83. The van der Waals surface area contributed by atoms with Gasteiger partial charge >= 0.3 is 0 Å². The van der Waals surface area contributed by atoms with E-state index in [2.05, 4.69) is 27.2 Å². The van der Waals surface area contributed by atoms with Gasteiger partial charge in [0.15, 0.2) is 0 Å². The molecule has 1 N–H and O–H groups in total. The Morgan fingerprint density at radius 3 is 2.78 bits per heavy atom. The van der Waals surface area contributed by atoms with Gasteiger partial charge in [0.05, 0.1) is 5.69 Å². The van der Waals surface area contributed by atoms with Crippen molar-refractivity contribution in [2.75, 3.05) is 7.05 Å². The molecule has 98 valence electrons. The Morgan fingerprint density at radius 1 is 1.33 bits per heavy atom. The Morgan fingerprint density at radius 2 is 2.11 bits per heavy atom. The topological polar surface area (TPSA) is 41.0 Å². The first-order valence-corrected chi connectivity index (χ1v) is 7.03. The quantitative estimate of drug-likeness (QED) is 0.879. The van der Waals surface area contributed by atoms with Crippen LogP contribution < -0.4 is 5.32 Å². The molecule has 0 radical (unpaired) electrons. The van der Waals surface area contributed by atoms with Crippen LogP contribution in [0.3, 0.4) is 0 Å². The largest absolute Gasteiger partial charge is 0.308 e. The number of nitrogens with zero attached hydrogens (tertiary/aromatic N) is 3. The lowest BCUT2D eigenvalue weighted by Crippen LogP contribution is -2.54. The molecule has 0 aromatic carbocycles. The third-order valence-corrected chi connectivity index (χ3v) is 4.55. The maximum absolute atomic E-state index is 4.27. The number of rotatable bonds is 3. The summed E-state index contributed by atoms with van der Waals surface area (Å²) in [6, 6.07) is 4.23. The molecule has 0 spiro atoms. The molecule has 3 heterocycles. The van der Waals surface area contributed by atoms with Gasteiger partial charge in [-0.25, -0.2) is 9.97 Å². The predicted octanol–water partition coefficient (Wildman–Crippen LogP) is 1.58. The van der Waals surface area contributed by atoms with Crippen LogP contribution >= 0.6 is 0 Å². The van der Waals surface area contributed by atoms with Crippen LogP contribution in [0.1, 0.15) is 37.8 Å². The Kier molecular flexibility index (Phi) is 3.57. The Balaban J connectivity index is 1.55. The van der Waals surface area contributed by atoms with E-state index in [1.54, 1.807) is 6.33 Å². The average molecular weight is 246 g/mol. The minimum absolute atomic E-state index is 0.659. The van der Waals surface area contributed by atoms with Gasteiger partial charge in [0.1, 0.15) is 6.33 Å². The predicted molar refractivity (Wildman–Crippen MR) is 71.1 cm³/mol.